The maximum Gasteiger partial charge on any atom is 0.0523 e. The first-order valence-electron chi connectivity index (χ1n) is 5.30. The molecular weight excluding hydrogens is 148 g/mol. The third kappa shape index (κ3) is 1.39. The summed E-state index contributed by atoms with van der Waals surface area (Å²) in [5.41, 5.74) is 0.603. The molecule has 70 valence electrons. The summed E-state index contributed by atoms with van der Waals surface area (Å²) in [5, 5.41) is 0. The Morgan fingerprint density at radius 1 is 1.17 bits per heavy atom. The van der Waals surface area contributed by atoms with Gasteiger partial charge in [-0.05, 0) is 42.9 Å². The Kier molecular flexibility index (Phi) is 2.16. The van der Waals surface area contributed by atoms with E-state index in [-0.39, 0.29) is 0 Å². The molecule has 1 saturated carbocycles. The molecule has 2 fully saturated rings. The van der Waals surface area contributed by atoms with Crippen LogP contribution in [0.25, 0.3) is 0 Å². The third-order valence-corrected chi connectivity index (χ3v) is 4.04. The van der Waals surface area contributed by atoms with E-state index in [4.69, 9.17) is 4.74 Å². The van der Waals surface area contributed by atoms with E-state index < -0.39 is 0 Å². The normalized spacial score (nSPS) is 48.5. The molecule has 0 radical (unpaired) electrons. The highest BCUT2D eigenvalue weighted by Crippen LogP contribution is 2.46. The molecule has 1 heteroatoms. The van der Waals surface area contributed by atoms with Crippen LogP contribution in [-0.2, 0) is 4.74 Å². The molecule has 1 heterocycles. The second-order valence-corrected chi connectivity index (χ2v) is 5.00. The summed E-state index contributed by atoms with van der Waals surface area (Å²) < 4.78 is 5.52. The predicted octanol–water partition coefficient (Wildman–Crippen LogP) is 2.85. The van der Waals surface area contributed by atoms with Crippen molar-refractivity contribution in [1.82, 2.24) is 0 Å². The van der Waals surface area contributed by atoms with Crippen LogP contribution in [0.15, 0.2) is 0 Å². The van der Waals surface area contributed by atoms with Crippen molar-refractivity contribution in [3.8, 4) is 0 Å². The standard InChI is InChI=1S/C11H20O/c1-9-3-4-11(7-10(9)2)5-6-12-8-11/h9-10H,3-8H2,1-2H3. The molecule has 0 aromatic rings. The molecule has 1 spiro atoms. The van der Waals surface area contributed by atoms with Crippen molar-refractivity contribution >= 4 is 0 Å². The van der Waals surface area contributed by atoms with Gasteiger partial charge in [-0.2, -0.15) is 0 Å². The molecule has 1 aliphatic carbocycles. The van der Waals surface area contributed by atoms with Crippen molar-refractivity contribution in [3.63, 3.8) is 0 Å². The van der Waals surface area contributed by atoms with Crippen LogP contribution in [0.2, 0.25) is 0 Å². The van der Waals surface area contributed by atoms with Gasteiger partial charge in [0.1, 0.15) is 0 Å². The van der Waals surface area contributed by atoms with E-state index in [1.54, 1.807) is 0 Å². The van der Waals surface area contributed by atoms with Crippen molar-refractivity contribution in [2.45, 2.75) is 39.5 Å². The Balaban J connectivity index is 2.01. The zero-order chi connectivity index (χ0) is 8.60. The van der Waals surface area contributed by atoms with Crippen molar-refractivity contribution in [3.05, 3.63) is 0 Å². The second kappa shape index (κ2) is 3.02. The number of hydrogen-bond donors (Lipinski definition) is 0. The van der Waals surface area contributed by atoms with Crippen LogP contribution in [0.4, 0.5) is 0 Å². The van der Waals surface area contributed by atoms with Gasteiger partial charge in [-0.15, -0.1) is 0 Å². The fraction of sp³-hybridized carbons (Fsp3) is 1.00. The number of ether oxygens (including phenoxy) is 1. The molecular formula is C11H20O. The first kappa shape index (κ1) is 8.55. The van der Waals surface area contributed by atoms with Gasteiger partial charge in [-0.1, -0.05) is 13.8 Å². The van der Waals surface area contributed by atoms with E-state index in [0.29, 0.717) is 5.41 Å². The Hall–Kier alpha value is -0.0400. The average molecular weight is 168 g/mol. The molecule has 0 aromatic carbocycles. The molecule has 3 unspecified atom stereocenters. The minimum atomic E-state index is 0.603. The van der Waals surface area contributed by atoms with Crippen LogP contribution in [0.5, 0.6) is 0 Å². The SMILES string of the molecule is CC1CCC2(CCOC2)CC1C. The Labute approximate surface area is 75.5 Å². The molecule has 0 amide bonds. The van der Waals surface area contributed by atoms with Crippen molar-refractivity contribution in [2.24, 2.45) is 17.3 Å². The van der Waals surface area contributed by atoms with Gasteiger partial charge in [0.15, 0.2) is 0 Å². The summed E-state index contributed by atoms with van der Waals surface area (Å²) in [6.45, 7) is 6.86. The Bertz CT molecular complexity index is 158. The molecule has 2 rings (SSSR count). The first-order valence-corrected chi connectivity index (χ1v) is 5.30. The summed E-state index contributed by atoms with van der Waals surface area (Å²) in [7, 11) is 0. The molecule has 2 aliphatic rings. The fourth-order valence-corrected chi connectivity index (χ4v) is 2.81. The lowest BCUT2D eigenvalue weighted by Gasteiger charge is -2.39. The zero-order valence-electron chi connectivity index (χ0n) is 8.31. The zero-order valence-corrected chi connectivity index (χ0v) is 8.31. The van der Waals surface area contributed by atoms with Gasteiger partial charge in [0.2, 0.25) is 0 Å². The van der Waals surface area contributed by atoms with E-state index in [1.807, 2.05) is 0 Å². The van der Waals surface area contributed by atoms with Crippen LogP contribution in [0.3, 0.4) is 0 Å². The van der Waals surface area contributed by atoms with Gasteiger partial charge < -0.3 is 4.74 Å². The van der Waals surface area contributed by atoms with Gasteiger partial charge in [0.25, 0.3) is 0 Å². The van der Waals surface area contributed by atoms with Gasteiger partial charge in [0, 0.05) is 6.61 Å². The molecule has 0 aromatic heterocycles. The summed E-state index contributed by atoms with van der Waals surface area (Å²) in [6, 6.07) is 0. The lowest BCUT2D eigenvalue weighted by atomic mass is 9.66. The topological polar surface area (TPSA) is 9.23 Å². The lowest BCUT2D eigenvalue weighted by Crippen LogP contribution is -2.31. The number of hydrogen-bond acceptors (Lipinski definition) is 1. The van der Waals surface area contributed by atoms with Gasteiger partial charge >= 0.3 is 0 Å². The Morgan fingerprint density at radius 3 is 2.58 bits per heavy atom. The monoisotopic (exact) mass is 168 g/mol. The summed E-state index contributed by atoms with van der Waals surface area (Å²) in [5.74, 6) is 1.86. The smallest absolute Gasteiger partial charge is 0.0523 e. The highest BCUT2D eigenvalue weighted by Gasteiger charge is 2.40. The van der Waals surface area contributed by atoms with E-state index in [9.17, 15) is 0 Å². The second-order valence-electron chi connectivity index (χ2n) is 5.00. The maximum absolute atomic E-state index is 5.52. The highest BCUT2D eigenvalue weighted by molar-refractivity contribution is 4.90. The van der Waals surface area contributed by atoms with Crippen LogP contribution < -0.4 is 0 Å². The first-order chi connectivity index (χ1) is 5.72. The maximum atomic E-state index is 5.52. The van der Waals surface area contributed by atoms with E-state index in [2.05, 4.69) is 13.8 Å². The Morgan fingerprint density at radius 2 is 2.00 bits per heavy atom. The predicted molar refractivity (Wildman–Crippen MR) is 50.0 cm³/mol. The van der Waals surface area contributed by atoms with Crippen molar-refractivity contribution in [2.75, 3.05) is 13.2 Å². The van der Waals surface area contributed by atoms with Crippen LogP contribution in [0.1, 0.15) is 39.5 Å². The third-order valence-electron chi connectivity index (χ3n) is 4.04. The average Bonchev–Trinajstić information content (AvgIpc) is 2.47. The van der Waals surface area contributed by atoms with Gasteiger partial charge in [-0.3, -0.25) is 0 Å². The molecule has 12 heavy (non-hydrogen) atoms. The lowest BCUT2D eigenvalue weighted by molar-refractivity contribution is 0.0786. The van der Waals surface area contributed by atoms with Crippen molar-refractivity contribution in [1.29, 1.82) is 0 Å². The van der Waals surface area contributed by atoms with Gasteiger partial charge in [-0.25, -0.2) is 0 Å². The van der Waals surface area contributed by atoms with Gasteiger partial charge in [0.05, 0.1) is 6.61 Å². The van der Waals surface area contributed by atoms with Crippen molar-refractivity contribution < 1.29 is 4.74 Å². The van der Waals surface area contributed by atoms with Crippen LogP contribution in [0, 0.1) is 17.3 Å². The summed E-state index contributed by atoms with van der Waals surface area (Å²) >= 11 is 0. The molecule has 0 N–H and O–H groups in total. The summed E-state index contributed by atoms with van der Waals surface area (Å²) in [6.07, 6.45) is 5.57. The number of rotatable bonds is 0. The van der Waals surface area contributed by atoms with E-state index in [1.165, 1.54) is 25.7 Å². The highest BCUT2D eigenvalue weighted by atomic mass is 16.5. The summed E-state index contributed by atoms with van der Waals surface area (Å²) in [4.78, 5) is 0. The molecule has 1 aliphatic heterocycles. The molecule has 3 atom stereocenters. The minimum absolute atomic E-state index is 0.603. The minimum Gasteiger partial charge on any atom is -0.381 e. The quantitative estimate of drug-likeness (QED) is 0.540. The molecule has 1 saturated heterocycles. The molecule has 0 bridgehead atoms. The largest absolute Gasteiger partial charge is 0.381 e. The van der Waals surface area contributed by atoms with E-state index >= 15 is 0 Å². The van der Waals surface area contributed by atoms with Crippen LogP contribution in [-0.4, -0.2) is 13.2 Å². The molecule has 1 nitrogen and oxygen atoms in total. The fourth-order valence-electron chi connectivity index (χ4n) is 2.81. The van der Waals surface area contributed by atoms with E-state index in [0.717, 1.165) is 25.0 Å². The van der Waals surface area contributed by atoms with Crippen LogP contribution >= 0.6 is 0 Å².